The Morgan fingerprint density at radius 3 is 2.50 bits per heavy atom. The van der Waals surface area contributed by atoms with Gasteiger partial charge in [0.1, 0.15) is 5.75 Å². The quantitative estimate of drug-likeness (QED) is 0.296. The third kappa shape index (κ3) is 5.69. The number of rotatable bonds is 7. The first-order valence-electron chi connectivity index (χ1n) is 14.1. The van der Waals surface area contributed by atoms with E-state index in [4.69, 9.17) is 4.74 Å². The van der Waals surface area contributed by atoms with Crippen LogP contribution in [0.2, 0.25) is 0 Å². The summed E-state index contributed by atoms with van der Waals surface area (Å²) in [7, 11) is 1.55. The average Bonchev–Trinajstić information content (AvgIpc) is 3.01. The van der Waals surface area contributed by atoms with Gasteiger partial charge in [0.2, 0.25) is 5.91 Å². The summed E-state index contributed by atoms with van der Waals surface area (Å²) in [6.07, 6.45) is 4.27. The zero-order valence-electron chi connectivity index (χ0n) is 23.3. The van der Waals surface area contributed by atoms with Crippen molar-refractivity contribution in [2.45, 2.75) is 18.9 Å². The molecule has 0 aliphatic carbocycles. The molecular formula is C34H32N4O4. The Balaban J connectivity index is 1.30. The number of para-hydroxylation sites is 2. The van der Waals surface area contributed by atoms with Crippen LogP contribution < -0.4 is 25.8 Å². The van der Waals surface area contributed by atoms with Crippen molar-refractivity contribution < 1.29 is 14.3 Å². The van der Waals surface area contributed by atoms with Crippen LogP contribution >= 0.6 is 0 Å². The van der Waals surface area contributed by atoms with Gasteiger partial charge in [-0.1, -0.05) is 48.5 Å². The Kier molecular flexibility index (Phi) is 7.60. The Morgan fingerprint density at radius 1 is 0.857 bits per heavy atom. The van der Waals surface area contributed by atoms with Crippen LogP contribution in [0.4, 0.5) is 17.1 Å². The Hall–Kier alpha value is -5.11. The number of nitrogens with zero attached hydrogens (tertiary/aromatic N) is 2. The Morgan fingerprint density at radius 2 is 1.67 bits per heavy atom. The second-order valence-corrected chi connectivity index (χ2v) is 10.7. The molecular weight excluding hydrogens is 528 g/mol. The predicted octanol–water partition coefficient (Wildman–Crippen LogP) is 5.38. The molecule has 3 aromatic carbocycles. The highest BCUT2D eigenvalue weighted by Crippen LogP contribution is 2.39. The van der Waals surface area contributed by atoms with Crippen LogP contribution in [0.25, 0.3) is 6.08 Å². The highest BCUT2D eigenvalue weighted by molar-refractivity contribution is 6.08. The minimum Gasteiger partial charge on any atom is -0.495 e. The monoisotopic (exact) mass is 560 g/mol. The van der Waals surface area contributed by atoms with Crippen LogP contribution in [0, 0.1) is 5.92 Å². The van der Waals surface area contributed by atoms with Gasteiger partial charge in [-0.3, -0.25) is 14.4 Å². The lowest BCUT2D eigenvalue weighted by atomic mass is 9.83. The largest absolute Gasteiger partial charge is 0.495 e. The maximum absolute atomic E-state index is 13.3. The molecule has 4 aromatic rings. The molecule has 2 aliphatic rings. The molecule has 8 nitrogen and oxygen atoms in total. The molecule has 42 heavy (non-hydrogen) atoms. The molecule has 3 heterocycles. The molecule has 2 bridgehead atoms. The number of hydrogen-bond acceptors (Lipinski definition) is 5. The van der Waals surface area contributed by atoms with Gasteiger partial charge in [-0.2, -0.15) is 0 Å². The number of benzene rings is 3. The molecule has 0 radical (unpaired) electrons. The summed E-state index contributed by atoms with van der Waals surface area (Å²) >= 11 is 0. The fraction of sp³-hybridized carbons (Fsp3) is 0.206. The number of carbonyl (C=O) groups is 2. The number of methoxy groups -OCH3 is 1. The molecule has 212 valence electrons. The first-order chi connectivity index (χ1) is 20.5. The predicted molar refractivity (Wildman–Crippen MR) is 165 cm³/mol. The number of fused-ring (bicyclic) bond motifs is 4. The summed E-state index contributed by atoms with van der Waals surface area (Å²) in [6, 6.07) is 27.7. The van der Waals surface area contributed by atoms with E-state index >= 15 is 0 Å². The molecule has 1 aromatic heterocycles. The Bertz CT molecular complexity index is 1710. The molecule has 1 fully saturated rings. The van der Waals surface area contributed by atoms with Crippen LogP contribution in [0.5, 0.6) is 5.75 Å². The van der Waals surface area contributed by atoms with Gasteiger partial charge in [-0.15, -0.1) is 0 Å². The maximum Gasteiger partial charge on any atom is 0.255 e. The number of piperidine rings is 1. The van der Waals surface area contributed by atoms with E-state index in [1.54, 1.807) is 43.5 Å². The first-order valence-corrected chi connectivity index (χ1v) is 14.1. The third-order valence-corrected chi connectivity index (χ3v) is 7.92. The van der Waals surface area contributed by atoms with Crippen molar-refractivity contribution >= 4 is 35.0 Å². The molecule has 0 saturated carbocycles. The van der Waals surface area contributed by atoms with Gasteiger partial charge < -0.3 is 24.8 Å². The second kappa shape index (κ2) is 11.8. The van der Waals surface area contributed by atoms with Crippen molar-refractivity contribution in [3.8, 4) is 5.75 Å². The van der Waals surface area contributed by atoms with E-state index in [9.17, 15) is 14.4 Å². The normalized spacial score (nSPS) is 17.4. The van der Waals surface area contributed by atoms with Gasteiger partial charge in [0.15, 0.2) is 0 Å². The van der Waals surface area contributed by atoms with Crippen molar-refractivity contribution in [1.82, 2.24) is 4.57 Å². The molecule has 0 unspecified atom stereocenters. The van der Waals surface area contributed by atoms with E-state index < -0.39 is 0 Å². The zero-order chi connectivity index (χ0) is 29.1. The van der Waals surface area contributed by atoms with Gasteiger partial charge in [0.05, 0.1) is 24.2 Å². The van der Waals surface area contributed by atoms with Crippen molar-refractivity contribution in [2.24, 2.45) is 5.92 Å². The summed E-state index contributed by atoms with van der Waals surface area (Å²) in [4.78, 5) is 41.2. The van der Waals surface area contributed by atoms with Crippen molar-refractivity contribution in [3.05, 3.63) is 124 Å². The van der Waals surface area contributed by atoms with Crippen LogP contribution in [-0.2, 0) is 11.3 Å². The summed E-state index contributed by atoms with van der Waals surface area (Å²) < 4.78 is 7.28. The molecule has 2 aliphatic heterocycles. The number of carbonyl (C=O) groups excluding carboxylic acids is 2. The second-order valence-electron chi connectivity index (χ2n) is 10.7. The van der Waals surface area contributed by atoms with Crippen molar-refractivity contribution in [1.29, 1.82) is 0 Å². The smallest absolute Gasteiger partial charge is 0.255 e. The number of aromatic nitrogens is 1. The van der Waals surface area contributed by atoms with Crippen LogP contribution in [0.1, 0.15) is 34.0 Å². The van der Waals surface area contributed by atoms with Crippen LogP contribution in [0.3, 0.4) is 0 Å². The molecule has 2 N–H and O–H groups in total. The molecule has 8 heteroatoms. The van der Waals surface area contributed by atoms with E-state index in [1.807, 2.05) is 65.2 Å². The number of anilines is 3. The summed E-state index contributed by atoms with van der Waals surface area (Å²) in [5.74, 6) is 0.441. The SMILES string of the molecule is COc1ccccc1NC(=O)c1ccc(N2C[C@H]3C[C@@H](C2)c2cccc(=O)n2C3)c(NC(=O)/C=C/c2ccccc2)c1. The van der Waals surface area contributed by atoms with Gasteiger partial charge in [0.25, 0.3) is 11.5 Å². The fourth-order valence-corrected chi connectivity index (χ4v) is 6.00. The zero-order valence-corrected chi connectivity index (χ0v) is 23.3. The lowest BCUT2D eigenvalue weighted by Crippen LogP contribution is -2.47. The number of ether oxygens (including phenoxy) is 1. The standard InChI is InChI=1S/C34H32N4O4/c1-42-31-12-6-5-10-27(31)36-34(41)25-15-16-30(28(19-25)35-32(39)17-14-23-8-3-2-4-9-23)37-20-24-18-26(22-37)29-11-7-13-33(40)38(29)21-24/h2-17,19,24,26H,18,20-22H2,1H3,(H,35,39)(H,36,41)/b17-14+/t24-,26+/m1/s1. The summed E-state index contributed by atoms with van der Waals surface area (Å²) in [6.45, 7) is 2.12. The lowest BCUT2D eigenvalue weighted by molar-refractivity contribution is -0.111. The van der Waals surface area contributed by atoms with Gasteiger partial charge in [0, 0.05) is 49.0 Å². The number of amides is 2. The molecule has 0 spiro atoms. The van der Waals surface area contributed by atoms with E-state index in [2.05, 4.69) is 15.5 Å². The molecule has 1 saturated heterocycles. The molecule has 2 amide bonds. The highest BCUT2D eigenvalue weighted by atomic mass is 16.5. The third-order valence-electron chi connectivity index (χ3n) is 7.92. The Labute approximate surface area is 244 Å². The van der Waals surface area contributed by atoms with Crippen LogP contribution in [0.15, 0.2) is 102 Å². The minimum absolute atomic E-state index is 0.0409. The van der Waals surface area contributed by atoms with E-state index in [-0.39, 0.29) is 23.3 Å². The lowest BCUT2D eigenvalue weighted by Gasteiger charge is -2.44. The number of nitrogens with one attached hydrogen (secondary N) is 2. The minimum atomic E-state index is -0.315. The summed E-state index contributed by atoms with van der Waals surface area (Å²) in [5.41, 5.74) is 4.36. The van der Waals surface area contributed by atoms with E-state index in [0.717, 1.165) is 29.9 Å². The highest BCUT2D eigenvalue weighted by Gasteiger charge is 2.35. The summed E-state index contributed by atoms with van der Waals surface area (Å²) in [5, 5.41) is 5.94. The van der Waals surface area contributed by atoms with E-state index in [0.29, 0.717) is 41.7 Å². The maximum atomic E-state index is 13.3. The van der Waals surface area contributed by atoms with Crippen LogP contribution in [-0.4, -0.2) is 36.6 Å². The number of hydrogen-bond donors (Lipinski definition) is 2. The fourth-order valence-electron chi connectivity index (χ4n) is 6.00. The van der Waals surface area contributed by atoms with Crippen molar-refractivity contribution in [3.63, 3.8) is 0 Å². The van der Waals surface area contributed by atoms with E-state index in [1.165, 1.54) is 6.08 Å². The molecule has 6 rings (SSSR count). The average molecular weight is 561 g/mol. The number of pyridine rings is 1. The molecule has 2 atom stereocenters. The van der Waals surface area contributed by atoms with Gasteiger partial charge >= 0.3 is 0 Å². The van der Waals surface area contributed by atoms with Crippen molar-refractivity contribution in [2.75, 3.05) is 35.7 Å². The van der Waals surface area contributed by atoms with Gasteiger partial charge in [-0.25, -0.2) is 0 Å². The van der Waals surface area contributed by atoms with Gasteiger partial charge in [-0.05, 0) is 60.4 Å². The topological polar surface area (TPSA) is 92.7 Å². The first kappa shape index (κ1) is 27.1.